The lowest BCUT2D eigenvalue weighted by molar-refractivity contribution is 0.137. The van der Waals surface area contributed by atoms with Crippen molar-refractivity contribution in [3.8, 4) is 0 Å². The Kier molecular flexibility index (Phi) is 3.50. The Labute approximate surface area is 78.9 Å². The van der Waals surface area contributed by atoms with Gasteiger partial charge in [0.15, 0.2) is 0 Å². The van der Waals surface area contributed by atoms with Crippen molar-refractivity contribution in [3.05, 3.63) is 0 Å². The number of nitrogens with zero attached hydrogens (tertiary/aromatic N) is 2. The fourth-order valence-corrected chi connectivity index (χ4v) is 1.48. The minimum Gasteiger partial charge on any atom is -0.331 e. The van der Waals surface area contributed by atoms with Gasteiger partial charge < -0.3 is 20.9 Å². The number of hydrogen-bond donors (Lipinski definition) is 2. The van der Waals surface area contributed by atoms with Crippen LogP contribution >= 0.6 is 0 Å². The van der Waals surface area contributed by atoms with E-state index in [4.69, 9.17) is 5.73 Å². The Morgan fingerprint density at radius 1 is 1.69 bits per heavy atom. The topological polar surface area (TPSA) is 61.6 Å². The van der Waals surface area contributed by atoms with Crippen LogP contribution in [0.2, 0.25) is 0 Å². The van der Waals surface area contributed by atoms with Crippen LogP contribution in [0.3, 0.4) is 0 Å². The van der Waals surface area contributed by atoms with Crippen LogP contribution in [0.25, 0.3) is 0 Å². The summed E-state index contributed by atoms with van der Waals surface area (Å²) in [4.78, 5) is 15.1. The lowest BCUT2D eigenvalue weighted by Crippen LogP contribution is -2.58. The first-order chi connectivity index (χ1) is 6.16. The standard InChI is InChI=1S/C8H18N4O/c1-11(2)8(13)12-4-3-10-6-7(12)5-9/h7,10H,3-6,9H2,1-2H3. The highest BCUT2D eigenvalue weighted by Gasteiger charge is 2.26. The van der Waals surface area contributed by atoms with Crippen LogP contribution in [0.15, 0.2) is 0 Å². The van der Waals surface area contributed by atoms with Gasteiger partial charge in [0.2, 0.25) is 0 Å². The first-order valence-electron chi connectivity index (χ1n) is 4.55. The molecule has 0 aromatic heterocycles. The Morgan fingerprint density at radius 3 is 2.92 bits per heavy atom. The zero-order valence-corrected chi connectivity index (χ0v) is 8.29. The molecule has 13 heavy (non-hydrogen) atoms. The van der Waals surface area contributed by atoms with Gasteiger partial charge in [-0.2, -0.15) is 0 Å². The summed E-state index contributed by atoms with van der Waals surface area (Å²) >= 11 is 0. The molecule has 1 atom stereocenters. The van der Waals surface area contributed by atoms with E-state index < -0.39 is 0 Å². The van der Waals surface area contributed by atoms with E-state index in [2.05, 4.69) is 5.32 Å². The predicted octanol–water partition coefficient (Wildman–Crippen LogP) is -1.10. The van der Waals surface area contributed by atoms with Crippen LogP contribution in [-0.2, 0) is 0 Å². The molecule has 3 N–H and O–H groups in total. The third kappa shape index (κ3) is 2.32. The van der Waals surface area contributed by atoms with Gasteiger partial charge in [-0.1, -0.05) is 0 Å². The van der Waals surface area contributed by atoms with Crippen LogP contribution in [0.1, 0.15) is 0 Å². The number of rotatable bonds is 1. The fourth-order valence-electron chi connectivity index (χ4n) is 1.48. The van der Waals surface area contributed by atoms with Crippen molar-refractivity contribution in [1.29, 1.82) is 0 Å². The quantitative estimate of drug-likeness (QED) is 0.546. The molecular formula is C8H18N4O. The monoisotopic (exact) mass is 186 g/mol. The van der Waals surface area contributed by atoms with Gasteiger partial charge in [-0.25, -0.2) is 4.79 Å². The molecule has 0 spiro atoms. The molecule has 5 heteroatoms. The number of amides is 2. The zero-order valence-electron chi connectivity index (χ0n) is 8.29. The van der Waals surface area contributed by atoms with Gasteiger partial charge in [0, 0.05) is 40.3 Å². The Hall–Kier alpha value is -0.810. The van der Waals surface area contributed by atoms with Gasteiger partial charge in [0.05, 0.1) is 6.04 Å². The normalized spacial score (nSPS) is 23.0. The van der Waals surface area contributed by atoms with Gasteiger partial charge in [-0.05, 0) is 0 Å². The second kappa shape index (κ2) is 4.43. The lowest BCUT2D eigenvalue weighted by Gasteiger charge is -2.36. The average molecular weight is 186 g/mol. The molecule has 5 nitrogen and oxygen atoms in total. The minimum atomic E-state index is 0.0527. The fraction of sp³-hybridized carbons (Fsp3) is 0.875. The SMILES string of the molecule is CN(C)C(=O)N1CCNCC1CN. The highest BCUT2D eigenvalue weighted by Crippen LogP contribution is 2.04. The van der Waals surface area contributed by atoms with Crippen molar-refractivity contribution in [2.24, 2.45) is 5.73 Å². The third-order valence-electron chi connectivity index (χ3n) is 2.25. The Morgan fingerprint density at radius 2 is 2.38 bits per heavy atom. The molecular weight excluding hydrogens is 168 g/mol. The number of urea groups is 1. The van der Waals surface area contributed by atoms with Crippen LogP contribution in [0.4, 0.5) is 4.79 Å². The summed E-state index contributed by atoms with van der Waals surface area (Å²) in [5.41, 5.74) is 5.58. The molecule has 1 saturated heterocycles. The van der Waals surface area contributed by atoms with Crippen molar-refractivity contribution in [2.75, 3.05) is 40.3 Å². The molecule has 76 valence electrons. The molecule has 0 aliphatic carbocycles. The van der Waals surface area contributed by atoms with Crippen LogP contribution in [-0.4, -0.2) is 62.1 Å². The van der Waals surface area contributed by atoms with E-state index in [1.165, 1.54) is 0 Å². The summed E-state index contributed by atoms with van der Waals surface area (Å²) in [6, 6.07) is 0.195. The second-order valence-corrected chi connectivity index (χ2v) is 3.46. The summed E-state index contributed by atoms with van der Waals surface area (Å²) in [5, 5.41) is 3.22. The maximum atomic E-state index is 11.6. The van der Waals surface area contributed by atoms with E-state index in [9.17, 15) is 4.79 Å². The number of carbonyl (C=O) groups is 1. The van der Waals surface area contributed by atoms with Crippen molar-refractivity contribution in [2.45, 2.75) is 6.04 Å². The summed E-state index contributed by atoms with van der Waals surface area (Å²) in [7, 11) is 3.52. The van der Waals surface area contributed by atoms with Crippen molar-refractivity contribution in [1.82, 2.24) is 15.1 Å². The number of nitrogens with one attached hydrogen (secondary N) is 1. The van der Waals surface area contributed by atoms with E-state index >= 15 is 0 Å². The molecule has 1 unspecified atom stereocenters. The molecule has 2 amide bonds. The molecule has 0 aromatic rings. The van der Waals surface area contributed by atoms with Crippen molar-refractivity contribution >= 4 is 6.03 Å². The summed E-state index contributed by atoms with van der Waals surface area (Å²) in [5.74, 6) is 0. The summed E-state index contributed by atoms with van der Waals surface area (Å²) in [6.45, 7) is 2.93. The van der Waals surface area contributed by atoms with Gasteiger partial charge >= 0.3 is 6.03 Å². The van der Waals surface area contributed by atoms with Crippen molar-refractivity contribution in [3.63, 3.8) is 0 Å². The molecule has 1 aliphatic rings. The molecule has 0 saturated carbocycles. The van der Waals surface area contributed by atoms with Gasteiger partial charge in [0.25, 0.3) is 0 Å². The summed E-state index contributed by atoms with van der Waals surface area (Å²) in [6.07, 6.45) is 0. The highest BCUT2D eigenvalue weighted by atomic mass is 16.2. The van der Waals surface area contributed by atoms with Crippen LogP contribution in [0, 0.1) is 0 Å². The summed E-state index contributed by atoms with van der Waals surface area (Å²) < 4.78 is 0. The number of piperazine rings is 1. The zero-order chi connectivity index (χ0) is 9.84. The van der Waals surface area contributed by atoms with E-state index in [1.807, 2.05) is 4.90 Å². The first kappa shape index (κ1) is 10.3. The minimum absolute atomic E-state index is 0.0527. The second-order valence-electron chi connectivity index (χ2n) is 3.46. The van der Waals surface area contributed by atoms with Crippen LogP contribution < -0.4 is 11.1 Å². The molecule has 0 bridgehead atoms. The third-order valence-corrected chi connectivity index (χ3v) is 2.25. The average Bonchev–Trinajstić information content (AvgIpc) is 2.16. The maximum Gasteiger partial charge on any atom is 0.319 e. The largest absolute Gasteiger partial charge is 0.331 e. The molecule has 0 radical (unpaired) electrons. The van der Waals surface area contributed by atoms with E-state index in [0.717, 1.165) is 19.6 Å². The number of nitrogens with two attached hydrogens (primary N) is 1. The molecule has 1 aliphatic heterocycles. The Bertz CT molecular complexity index is 183. The molecule has 0 aromatic carbocycles. The van der Waals surface area contributed by atoms with E-state index in [0.29, 0.717) is 6.54 Å². The smallest absolute Gasteiger partial charge is 0.319 e. The first-order valence-corrected chi connectivity index (χ1v) is 4.55. The highest BCUT2D eigenvalue weighted by molar-refractivity contribution is 5.74. The van der Waals surface area contributed by atoms with Gasteiger partial charge in [-0.3, -0.25) is 0 Å². The van der Waals surface area contributed by atoms with Gasteiger partial charge in [0.1, 0.15) is 0 Å². The van der Waals surface area contributed by atoms with Crippen molar-refractivity contribution < 1.29 is 4.79 Å². The Balaban J connectivity index is 2.58. The van der Waals surface area contributed by atoms with E-state index in [-0.39, 0.29) is 12.1 Å². The molecule has 1 fully saturated rings. The molecule has 1 rings (SSSR count). The lowest BCUT2D eigenvalue weighted by atomic mass is 10.2. The number of carbonyl (C=O) groups excluding carboxylic acids is 1. The number of hydrogen-bond acceptors (Lipinski definition) is 3. The maximum absolute atomic E-state index is 11.6. The van der Waals surface area contributed by atoms with E-state index in [1.54, 1.807) is 19.0 Å². The predicted molar refractivity (Wildman–Crippen MR) is 51.5 cm³/mol. The van der Waals surface area contributed by atoms with Crippen LogP contribution in [0.5, 0.6) is 0 Å². The van der Waals surface area contributed by atoms with Gasteiger partial charge in [-0.15, -0.1) is 0 Å². The molecule has 1 heterocycles.